The number of Topliss-reactive ketones (excluding diaryl/α,β-unsaturated/α-hetero) is 1. The average molecular weight is 388 g/mol. The van der Waals surface area contributed by atoms with Crippen molar-refractivity contribution in [1.29, 1.82) is 0 Å². The lowest BCUT2D eigenvalue weighted by molar-refractivity contribution is -0.0000131. The molecular weight excluding hydrogens is 364 g/mol. The molecule has 0 N–H and O–H groups in total. The Morgan fingerprint density at radius 2 is 1.58 bits per heavy atom. The molecular formula is C21H24ClN2OS-. The van der Waals surface area contributed by atoms with Crippen molar-refractivity contribution < 1.29 is 17.2 Å². The number of rotatable bonds is 4. The van der Waals surface area contributed by atoms with Gasteiger partial charge in [0, 0.05) is 16.9 Å². The summed E-state index contributed by atoms with van der Waals surface area (Å²) in [4.78, 5) is 19.7. The van der Waals surface area contributed by atoms with Gasteiger partial charge in [-0.25, -0.2) is 4.99 Å². The van der Waals surface area contributed by atoms with Crippen LogP contribution in [0.3, 0.4) is 0 Å². The van der Waals surface area contributed by atoms with Crippen LogP contribution in [0.4, 0.5) is 5.69 Å². The van der Waals surface area contributed by atoms with Crippen molar-refractivity contribution in [2.45, 2.75) is 33.2 Å². The molecule has 26 heavy (non-hydrogen) atoms. The number of aliphatic imine (C=N–C) groups is 1. The standard InChI is InChI=1S/C21H24N2OS.ClH/c1-15-5-9-17(10-6-15)19(24)13-23-20(25-14-21(23,3)4)22-18-11-7-16(2)8-12-18;/h5-12H,13-14H2,1-4H3;1H/p-1. The molecule has 1 aliphatic rings. The second kappa shape index (κ2) is 8.28. The summed E-state index contributed by atoms with van der Waals surface area (Å²) in [5.41, 5.74) is 3.98. The van der Waals surface area contributed by atoms with Gasteiger partial charge in [-0.15, -0.1) is 0 Å². The van der Waals surface area contributed by atoms with E-state index in [4.69, 9.17) is 4.99 Å². The van der Waals surface area contributed by atoms with Gasteiger partial charge in [0.2, 0.25) is 0 Å². The summed E-state index contributed by atoms with van der Waals surface area (Å²) in [6.07, 6.45) is 0. The Bertz CT molecular complexity index is 798. The Morgan fingerprint density at radius 3 is 2.15 bits per heavy atom. The predicted molar refractivity (Wildman–Crippen MR) is 107 cm³/mol. The Labute approximate surface area is 166 Å². The van der Waals surface area contributed by atoms with Crippen LogP contribution in [0.1, 0.15) is 35.3 Å². The SMILES string of the molecule is Cc1ccc(N=C2SCC(C)(C)N2CC(=O)c2ccc(C)cc2)cc1.[Cl-]. The molecule has 1 aliphatic heterocycles. The molecule has 1 heterocycles. The minimum atomic E-state index is -0.0887. The summed E-state index contributed by atoms with van der Waals surface area (Å²) < 4.78 is 0. The normalized spacial score (nSPS) is 17.2. The number of carbonyl (C=O) groups excluding carboxylic acids is 1. The quantitative estimate of drug-likeness (QED) is 0.752. The van der Waals surface area contributed by atoms with E-state index >= 15 is 0 Å². The van der Waals surface area contributed by atoms with E-state index in [1.165, 1.54) is 5.56 Å². The first-order valence-corrected chi connectivity index (χ1v) is 9.49. The van der Waals surface area contributed by atoms with Gasteiger partial charge in [0.05, 0.1) is 12.2 Å². The Hall–Kier alpha value is -1.78. The number of benzene rings is 2. The first-order chi connectivity index (χ1) is 11.8. The van der Waals surface area contributed by atoms with Crippen LogP contribution in [-0.4, -0.2) is 33.7 Å². The molecule has 0 unspecified atom stereocenters. The second-order valence-electron chi connectivity index (χ2n) is 7.21. The Kier molecular flexibility index (Phi) is 6.53. The molecule has 0 amide bonds. The highest BCUT2D eigenvalue weighted by atomic mass is 35.5. The van der Waals surface area contributed by atoms with Gasteiger partial charge in [-0.2, -0.15) is 0 Å². The number of amidine groups is 1. The fourth-order valence-electron chi connectivity index (χ4n) is 2.73. The summed E-state index contributed by atoms with van der Waals surface area (Å²) in [7, 11) is 0. The van der Waals surface area contributed by atoms with Gasteiger partial charge in [0.1, 0.15) is 0 Å². The van der Waals surface area contributed by atoms with Crippen LogP contribution in [0.2, 0.25) is 0 Å². The van der Waals surface area contributed by atoms with Gasteiger partial charge in [0.25, 0.3) is 0 Å². The Balaban J connectivity index is 0.00000243. The molecule has 0 saturated carbocycles. The van der Waals surface area contributed by atoms with Crippen molar-refractivity contribution in [2.75, 3.05) is 12.3 Å². The lowest BCUT2D eigenvalue weighted by Crippen LogP contribution is -3.00. The van der Waals surface area contributed by atoms with E-state index in [0.29, 0.717) is 6.54 Å². The summed E-state index contributed by atoms with van der Waals surface area (Å²) in [6, 6.07) is 16.0. The number of carbonyl (C=O) groups is 1. The third kappa shape index (κ3) is 4.68. The van der Waals surface area contributed by atoms with Crippen LogP contribution < -0.4 is 12.4 Å². The third-order valence-electron chi connectivity index (χ3n) is 4.45. The van der Waals surface area contributed by atoms with Crippen molar-refractivity contribution in [3.63, 3.8) is 0 Å². The zero-order chi connectivity index (χ0) is 18.0. The minimum Gasteiger partial charge on any atom is -1.00 e. The highest BCUT2D eigenvalue weighted by Crippen LogP contribution is 2.34. The molecule has 5 heteroatoms. The van der Waals surface area contributed by atoms with E-state index in [0.717, 1.165) is 27.7 Å². The van der Waals surface area contributed by atoms with Crippen LogP contribution in [0, 0.1) is 13.8 Å². The van der Waals surface area contributed by atoms with Crippen molar-refractivity contribution in [3.05, 3.63) is 65.2 Å². The molecule has 2 aromatic carbocycles. The number of hydrogen-bond donors (Lipinski definition) is 0. The monoisotopic (exact) mass is 387 g/mol. The van der Waals surface area contributed by atoms with Crippen molar-refractivity contribution in [3.8, 4) is 0 Å². The molecule has 0 bridgehead atoms. The van der Waals surface area contributed by atoms with Crippen LogP contribution in [0.5, 0.6) is 0 Å². The summed E-state index contributed by atoms with van der Waals surface area (Å²) in [6.45, 7) is 8.78. The number of nitrogens with zero attached hydrogens (tertiary/aromatic N) is 2. The molecule has 0 aromatic heterocycles. The molecule has 1 fully saturated rings. The van der Waals surface area contributed by atoms with E-state index in [1.807, 2.05) is 43.3 Å². The molecule has 1 saturated heterocycles. The van der Waals surface area contributed by atoms with Crippen molar-refractivity contribution in [2.24, 2.45) is 4.99 Å². The zero-order valence-electron chi connectivity index (χ0n) is 15.6. The van der Waals surface area contributed by atoms with E-state index < -0.39 is 0 Å². The molecule has 3 rings (SSSR count). The van der Waals surface area contributed by atoms with Crippen LogP contribution in [0.25, 0.3) is 0 Å². The predicted octanol–water partition coefficient (Wildman–Crippen LogP) is 2.01. The molecule has 138 valence electrons. The molecule has 0 aliphatic carbocycles. The molecule has 2 aromatic rings. The second-order valence-corrected chi connectivity index (χ2v) is 8.15. The van der Waals surface area contributed by atoms with Gasteiger partial charge in [-0.1, -0.05) is 59.3 Å². The fraction of sp³-hybridized carbons (Fsp3) is 0.333. The first kappa shape index (κ1) is 20.5. The van der Waals surface area contributed by atoms with Gasteiger partial charge >= 0.3 is 0 Å². The van der Waals surface area contributed by atoms with E-state index in [-0.39, 0.29) is 23.7 Å². The zero-order valence-corrected chi connectivity index (χ0v) is 17.2. The average Bonchev–Trinajstić information content (AvgIpc) is 2.85. The van der Waals surface area contributed by atoms with Gasteiger partial charge in [-0.05, 0) is 39.8 Å². The maximum absolute atomic E-state index is 12.7. The summed E-state index contributed by atoms with van der Waals surface area (Å²) >= 11 is 1.72. The number of aryl methyl sites for hydroxylation is 2. The smallest absolute Gasteiger partial charge is 0.182 e. The first-order valence-electron chi connectivity index (χ1n) is 8.51. The van der Waals surface area contributed by atoms with Gasteiger partial charge in [-0.3, -0.25) is 4.79 Å². The van der Waals surface area contributed by atoms with E-state index in [2.05, 4.69) is 37.8 Å². The number of halogens is 1. The lowest BCUT2D eigenvalue weighted by Gasteiger charge is -2.31. The molecule has 0 radical (unpaired) electrons. The Morgan fingerprint density at radius 1 is 1.04 bits per heavy atom. The van der Waals surface area contributed by atoms with Gasteiger partial charge in [0.15, 0.2) is 11.0 Å². The van der Waals surface area contributed by atoms with Crippen molar-refractivity contribution >= 4 is 28.4 Å². The highest BCUT2D eigenvalue weighted by molar-refractivity contribution is 8.14. The maximum Gasteiger partial charge on any atom is 0.182 e. The number of hydrogen-bond acceptors (Lipinski definition) is 3. The van der Waals surface area contributed by atoms with Crippen LogP contribution in [0.15, 0.2) is 53.5 Å². The number of thioether (sulfide) groups is 1. The minimum absolute atomic E-state index is 0. The van der Waals surface area contributed by atoms with Crippen LogP contribution in [-0.2, 0) is 0 Å². The largest absolute Gasteiger partial charge is 1.00 e. The topological polar surface area (TPSA) is 32.7 Å². The summed E-state index contributed by atoms with van der Waals surface area (Å²) in [5.74, 6) is 1.06. The molecule has 3 nitrogen and oxygen atoms in total. The number of ketones is 1. The highest BCUT2D eigenvalue weighted by Gasteiger charge is 2.38. The van der Waals surface area contributed by atoms with E-state index in [1.54, 1.807) is 11.8 Å². The molecule has 0 spiro atoms. The summed E-state index contributed by atoms with van der Waals surface area (Å²) in [5, 5.41) is 0.925. The van der Waals surface area contributed by atoms with Gasteiger partial charge < -0.3 is 17.3 Å². The lowest BCUT2D eigenvalue weighted by atomic mass is 10.0. The van der Waals surface area contributed by atoms with E-state index in [9.17, 15) is 4.79 Å². The molecule has 0 atom stereocenters. The van der Waals surface area contributed by atoms with Crippen LogP contribution >= 0.6 is 11.8 Å². The van der Waals surface area contributed by atoms with Crippen molar-refractivity contribution in [1.82, 2.24) is 4.90 Å². The maximum atomic E-state index is 12.7. The fourth-order valence-corrected chi connectivity index (χ4v) is 4.01. The third-order valence-corrected chi connectivity index (χ3v) is 5.87.